The number of aromatic nitrogens is 2. The van der Waals surface area contributed by atoms with Gasteiger partial charge in [-0.2, -0.15) is 5.10 Å². The molecular weight excluding hydrogens is 282 g/mol. The smallest absolute Gasteiger partial charge is 0.306 e. The lowest BCUT2D eigenvalue weighted by Crippen LogP contribution is -2.24. The lowest BCUT2D eigenvalue weighted by molar-refractivity contribution is -0.143. The van der Waals surface area contributed by atoms with E-state index in [4.69, 9.17) is 10.8 Å². The number of nitrogens with two attached hydrogens (primary N) is 1. The highest BCUT2D eigenvalue weighted by atomic mass is 16.4. The first-order valence-corrected chi connectivity index (χ1v) is 7.53. The van der Waals surface area contributed by atoms with Gasteiger partial charge in [-0.1, -0.05) is 6.07 Å². The number of benzene rings is 1. The van der Waals surface area contributed by atoms with Crippen molar-refractivity contribution in [1.82, 2.24) is 9.78 Å². The Balaban J connectivity index is 1.75. The minimum atomic E-state index is -0.686. The van der Waals surface area contributed by atoms with Gasteiger partial charge in [-0.05, 0) is 43.7 Å². The van der Waals surface area contributed by atoms with Crippen LogP contribution in [0, 0.1) is 11.8 Å². The third-order valence-electron chi connectivity index (χ3n) is 4.56. The van der Waals surface area contributed by atoms with Crippen molar-refractivity contribution >= 4 is 22.8 Å². The second kappa shape index (κ2) is 5.79. The predicted octanol–water partition coefficient (Wildman–Crippen LogP) is 2.03. The maximum absolute atomic E-state index is 11.3. The van der Waals surface area contributed by atoms with Gasteiger partial charge in [0.05, 0.1) is 17.6 Å². The van der Waals surface area contributed by atoms with Crippen LogP contribution in [0.1, 0.15) is 36.0 Å². The van der Waals surface area contributed by atoms with Gasteiger partial charge in [-0.15, -0.1) is 0 Å². The zero-order valence-electron chi connectivity index (χ0n) is 12.2. The van der Waals surface area contributed by atoms with Crippen LogP contribution in [0.3, 0.4) is 0 Å². The predicted molar refractivity (Wildman–Crippen MR) is 81.3 cm³/mol. The van der Waals surface area contributed by atoms with Crippen molar-refractivity contribution in [3.8, 4) is 0 Å². The Hall–Kier alpha value is -2.37. The molecule has 1 heterocycles. The van der Waals surface area contributed by atoms with Crippen LogP contribution >= 0.6 is 0 Å². The molecule has 1 aliphatic carbocycles. The topological polar surface area (TPSA) is 98.2 Å². The molecule has 1 amide bonds. The highest BCUT2D eigenvalue weighted by Crippen LogP contribution is 2.30. The highest BCUT2D eigenvalue weighted by molar-refractivity contribution is 5.96. The largest absolute Gasteiger partial charge is 0.481 e. The summed E-state index contributed by atoms with van der Waals surface area (Å²) in [5.74, 6) is -0.909. The van der Waals surface area contributed by atoms with Gasteiger partial charge in [-0.3, -0.25) is 14.3 Å². The van der Waals surface area contributed by atoms with Gasteiger partial charge < -0.3 is 10.8 Å². The maximum atomic E-state index is 11.3. The second-order valence-electron chi connectivity index (χ2n) is 6.02. The molecule has 0 saturated heterocycles. The average Bonchev–Trinajstić information content (AvgIpc) is 2.90. The lowest BCUT2D eigenvalue weighted by atomic mass is 9.82. The van der Waals surface area contributed by atoms with Crippen molar-refractivity contribution in [2.75, 3.05) is 0 Å². The molecule has 1 fully saturated rings. The molecule has 0 radical (unpaired) electrons. The van der Waals surface area contributed by atoms with Crippen LogP contribution < -0.4 is 5.73 Å². The Kier molecular flexibility index (Phi) is 3.83. The molecule has 0 spiro atoms. The minimum Gasteiger partial charge on any atom is -0.481 e. The van der Waals surface area contributed by atoms with Crippen LogP contribution in [0.2, 0.25) is 0 Å². The van der Waals surface area contributed by atoms with Crippen LogP contribution in [0.25, 0.3) is 10.9 Å². The molecule has 6 heteroatoms. The number of carbonyl (C=O) groups excluding carboxylic acids is 1. The lowest BCUT2D eigenvalue weighted by Gasteiger charge is -2.26. The number of hydrogen-bond acceptors (Lipinski definition) is 3. The number of carbonyl (C=O) groups is 2. The average molecular weight is 301 g/mol. The SMILES string of the molecule is NC(=O)c1ccc2cnn(C[C@H]3CC[C@H](C(=O)O)CC3)c2c1. The van der Waals surface area contributed by atoms with E-state index in [1.54, 1.807) is 18.3 Å². The van der Waals surface area contributed by atoms with E-state index < -0.39 is 11.9 Å². The zero-order valence-corrected chi connectivity index (χ0v) is 12.2. The molecule has 0 atom stereocenters. The second-order valence-corrected chi connectivity index (χ2v) is 6.02. The maximum Gasteiger partial charge on any atom is 0.306 e. The zero-order chi connectivity index (χ0) is 15.7. The number of carboxylic acids is 1. The van der Waals surface area contributed by atoms with E-state index in [9.17, 15) is 9.59 Å². The minimum absolute atomic E-state index is 0.202. The van der Waals surface area contributed by atoms with E-state index in [-0.39, 0.29) is 5.92 Å². The van der Waals surface area contributed by atoms with Gasteiger partial charge in [-0.25, -0.2) is 0 Å². The van der Waals surface area contributed by atoms with Crippen molar-refractivity contribution in [2.45, 2.75) is 32.2 Å². The van der Waals surface area contributed by atoms with Gasteiger partial charge in [0.25, 0.3) is 0 Å². The molecule has 2 aromatic rings. The third kappa shape index (κ3) is 2.81. The number of amides is 1. The van der Waals surface area contributed by atoms with E-state index in [2.05, 4.69) is 5.10 Å². The first-order valence-electron chi connectivity index (χ1n) is 7.53. The van der Waals surface area contributed by atoms with E-state index in [0.717, 1.165) is 43.1 Å². The van der Waals surface area contributed by atoms with Crippen LogP contribution in [-0.2, 0) is 11.3 Å². The molecule has 22 heavy (non-hydrogen) atoms. The highest BCUT2D eigenvalue weighted by Gasteiger charge is 2.26. The summed E-state index contributed by atoms with van der Waals surface area (Å²) >= 11 is 0. The number of primary amides is 1. The number of hydrogen-bond donors (Lipinski definition) is 2. The van der Waals surface area contributed by atoms with E-state index in [0.29, 0.717) is 11.5 Å². The molecule has 3 N–H and O–H groups in total. The van der Waals surface area contributed by atoms with Gasteiger partial charge in [0.1, 0.15) is 0 Å². The number of rotatable bonds is 4. The summed E-state index contributed by atoms with van der Waals surface area (Å²) in [5.41, 5.74) is 6.70. The van der Waals surface area contributed by atoms with Gasteiger partial charge >= 0.3 is 5.97 Å². The fraction of sp³-hybridized carbons (Fsp3) is 0.438. The monoisotopic (exact) mass is 301 g/mol. The van der Waals surface area contributed by atoms with Crippen LogP contribution in [0.4, 0.5) is 0 Å². The number of aliphatic carboxylic acids is 1. The summed E-state index contributed by atoms with van der Waals surface area (Å²) in [5, 5.41) is 14.4. The third-order valence-corrected chi connectivity index (χ3v) is 4.56. The summed E-state index contributed by atoms with van der Waals surface area (Å²) in [4.78, 5) is 22.3. The summed E-state index contributed by atoms with van der Waals surface area (Å²) in [6.45, 7) is 0.748. The van der Waals surface area contributed by atoms with Crippen LogP contribution in [-0.4, -0.2) is 26.8 Å². The standard InChI is InChI=1S/C16H19N3O3/c17-15(20)12-5-6-13-8-18-19(14(13)7-12)9-10-1-3-11(4-2-10)16(21)22/h5-8,10-11H,1-4,9H2,(H2,17,20)(H,21,22)/t10-,11-. The molecule has 6 nitrogen and oxygen atoms in total. The van der Waals surface area contributed by atoms with Gasteiger partial charge in [0.2, 0.25) is 5.91 Å². The number of fused-ring (bicyclic) bond motifs is 1. The van der Waals surface area contributed by atoms with Crippen molar-refractivity contribution in [3.63, 3.8) is 0 Å². The summed E-state index contributed by atoms with van der Waals surface area (Å²) in [6, 6.07) is 5.32. The number of nitrogens with zero attached hydrogens (tertiary/aromatic N) is 2. The van der Waals surface area contributed by atoms with E-state index in [1.807, 2.05) is 10.7 Å². The summed E-state index contributed by atoms with van der Waals surface area (Å²) < 4.78 is 1.90. The van der Waals surface area contributed by atoms with E-state index in [1.165, 1.54) is 0 Å². The van der Waals surface area contributed by atoms with Gasteiger partial charge in [0, 0.05) is 17.5 Å². The fourth-order valence-corrected chi connectivity index (χ4v) is 3.21. The Morgan fingerprint density at radius 2 is 2.00 bits per heavy atom. The van der Waals surface area contributed by atoms with Crippen LogP contribution in [0.15, 0.2) is 24.4 Å². The molecule has 1 aromatic heterocycles. The first-order chi connectivity index (χ1) is 10.5. The molecule has 1 aromatic carbocycles. The Labute approximate surface area is 127 Å². The number of carboxylic acid groups (broad SMARTS) is 1. The quantitative estimate of drug-likeness (QED) is 0.902. The Bertz CT molecular complexity index is 714. The van der Waals surface area contributed by atoms with Crippen molar-refractivity contribution in [1.29, 1.82) is 0 Å². The van der Waals surface area contributed by atoms with Gasteiger partial charge in [0.15, 0.2) is 0 Å². The first kappa shape index (κ1) is 14.6. The molecule has 0 bridgehead atoms. The molecular formula is C16H19N3O3. The molecule has 3 rings (SSSR count). The van der Waals surface area contributed by atoms with Crippen molar-refractivity contribution < 1.29 is 14.7 Å². The molecule has 116 valence electrons. The summed E-state index contributed by atoms with van der Waals surface area (Å²) in [7, 11) is 0. The Morgan fingerprint density at radius 1 is 1.27 bits per heavy atom. The molecule has 0 unspecified atom stereocenters. The fourth-order valence-electron chi connectivity index (χ4n) is 3.21. The van der Waals surface area contributed by atoms with Crippen LogP contribution in [0.5, 0.6) is 0 Å². The summed E-state index contributed by atoms with van der Waals surface area (Å²) in [6.07, 6.45) is 5.03. The Morgan fingerprint density at radius 3 is 2.64 bits per heavy atom. The van der Waals surface area contributed by atoms with E-state index >= 15 is 0 Å². The molecule has 1 aliphatic rings. The van der Waals surface area contributed by atoms with Crippen molar-refractivity contribution in [3.05, 3.63) is 30.0 Å². The molecule has 1 saturated carbocycles. The van der Waals surface area contributed by atoms with Crippen molar-refractivity contribution in [2.24, 2.45) is 17.6 Å². The normalized spacial score (nSPS) is 21.8. The molecule has 0 aliphatic heterocycles.